The number of rotatable bonds is 19. The summed E-state index contributed by atoms with van der Waals surface area (Å²) in [5.41, 5.74) is 1.59. The smallest absolute Gasteiger partial charge is 0.331 e. The highest BCUT2D eigenvalue weighted by Crippen LogP contribution is 2.44. The molecule has 0 saturated carbocycles. The van der Waals surface area contributed by atoms with Crippen LogP contribution in [-0.4, -0.2) is 164 Å². The minimum absolute atomic E-state index is 0.00264. The zero-order valence-corrected chi connectivity index (χ0v) is 50.6. The van der Waals surface area contributed by atoms with Crippen LogP contribution < -0.4 is 0 Å². The number of ether oxygens (including phenoxy) is 9. The summed E-state index contributed by atoms with van der Waals surface area (Å²) < 4.78 is 56.4. The van der Waals surface area contributed by atoms with Gasteiger partial charge in [-0.05, 0) is 77.4 Å². The van der Waals surface area contributed by atoms with Gasteiger partial charge in [0.15, 0.2) is 24.2 Å². The van der Waals surface area contributed by atoms with E-state index >= 15 is 0 Å². The zero-order valence-electron chi connectivity index (χ0n) is 50.6. The summed E-state index contributed by atoms with van der Waals surface area (Å²) in [7, 11) is 1.53. The SMILES string of the molecule is CCC1=CC=CC(CC)C(C(C)C(O)CC2(OC)CC(OC3CC(O)C(O)C(C)O3)C(CC)C(C)O2)OC(=O)C=CC(CC)=CC=CC(CC)C(C(C)C(O)CC2(O)CC(OC3CC(O)C(O)C(C)O3)C(CC)C(C)O2)OC(=O)C=C1. The number of hydrogen-bond donors (Lipinski definition) is 7. The predicted molar refractivity (Wildman–Crippen MR) is 304 cm³/mol. The fourth-order valence-electron chi connectivity index (χ4n) is 12.6. The molecule has 0 spiro atoms. The van der Waals surface area contributed by atoms with Gasteiger partial charge in [-0.3, -0.25) is 0 Å². The summed E-state index contributed by atoms with van der Waals surface area (Å²) in [6, 6.07) is 0. The lowest BCUT2D eigenvalue weighted by Crippen LogP contribution is -2.56. The first-order valence-corrected chi connectivity index (χ1v) is 30.2. The highest BCUT2D eigenvalue weighted by Gasteiger charge is 2.51. The molecule has 4 fully saturated rings. The second kappa shape index (κ2) is 31.8. The molecular weight excluding hydrogens is 1040 g/mol. The van der Waals surface area contributed by atoms with Crippen LogP contribution in [0.25, 0.3) is 0 Å². The van der Waals surface area contributed by atoms with Crippen molar-refractivity contribution in [3.63, 3.8) is 0 Å². The van der Waals surface area contributed by atoms with Crippen LogP contribution in [0.15, 0.2) is 71.9 Å². The third-order valence-corrected chi connectivity index (χ3v) is 17.9. The van der Waals surface area contributed by atoms with Crippen molar-refractivity contribution >= 4 is 11.9 Å². The van der Waals surface area contributed by atoms with Crippen molar-refractivity contribution in [1.29, 1.82) is 0 Å². The molecular formula is C63H102O18. The van der Waals surface area contributed by atoms with Gasteiger partial charge >= 0.3 is 11.9 Å². The quantitative estimate of drug-likeness (QED) is 0.0610. The van der Waals surface area contributed by atoms with E-state index < -0.39 is 133 Å². The number of carbonyl (C=O) groups excluding carboxylic acids is 2. The fraction of sp³-hybridized carbons (Fsp3) is 0.778. The van der Waals surface area contributed by atoms with Crippen LogP contribution in [0, 0.1) is 35.5 Å². The Bertz CT molecular complexity index is 2120. The molecule has 5 aliphatic heterocycles. The Hall–Kier alpha value is -3.18. The second-order valence-corrected chi connectivity index (χ2v) is 23.6. The average molecular weight is 1150 g/mol. The largest absolute Gasteiger partial charge is 0.458 e. The number of esters is 2. The van der Waals surface area contributed by atoms with Crippen molar-refractivity contribution in [2.24, 2.45) is 35.5 Å². The molecule has 0 radical (unpaired) electrons. The van der Waals surface area contributed by atoms with Crippen LogP contribution in [0.2, 0.25) is 0 Å². The Morgan fingerprint density at radius 2 is 1.01 bits per heavy atom. The van der Waals surface area contributed by atoms with Gasteiger partial charge in [-0.2, -0.15) is 0 Å². The van der Waals surface area contributed by atoms with Crippen LogP contribution in [0.5, 0.6) is 0 Å². The molecule has 462 valence electrons. The molecule has 0 aliphatic carbocycles. The van der Waals surface area contributed by atoms with Crippen LogP contribution in [-0.2, 0) is 52.2 Å². The second-order valence-electron chi connectivity index (χ2n) is 23.6. The third kappa shape index (κ3) is 18.7. The Labute approximate surface area is 482 Å². The lowest BCUT2D eigenvalue weighted by Gasteiger charge is -2.49. The van der Waals surface area contributed by atoms with Gasteiger partial charge < -0.3 is 78.4 Å². The normalized spacial score (nSPS) is 40.3. The van der Waals surface area contributed by atoms with Crippen molar-refractivity contribution in [3.05, 3.63) is 71.9 Å². The summed E-state index contributed by atoms with van der Waals surface area (Å²) in [6.45, 7) is 22.7. The van der Waals surface area contributed by atoms with Crippen molar-refractivity contribution in [2.45, 2.75) is 270 Å². The molecule has 4 saturated heterocycles. The number of carbonyl (C=O) groups is 2. The molecule has 0 aromatic heterocycles. The van der Waals surface area contributed by atoms with E-state index in [1.165, 1.54) is 19.3 Å². The molecule has 5 heterocycles. The summed E-state index contributed by atoms with van der Waals surface area (Å²) in [6.07, 6.45) is 8.43. The van der Waals surface area contributed by atoms with Crippen molar-refractivity contribution in [2.75, 3.05) is 7.11 Å². The van der Waals surface area contributed by atoms with Gasteiger partial charge in [-0.15, -0.1) is 0 Å². The first-order valence-electron chi connectivity index (χ1n) is 30.2. The molecule has 5 rings (SSSR count). The summed E-state index contributed by atoms with van der Waals surface area (Å²) >= 11 is 0. The van der Waals surface area contributed by atoms with Gasteiger partial charge in [-0.25, -0.2) is 9.59 Å². The maximum atomic E-state index is 14.0. The Morgan fingerprint density at radius 1 is 0.593 bits per heavy atom. The van der Waals surface area contributed by atoms with Crippen molar-refractivity contribution < 1.29 is 88.0 Å². The zero-order chi connectivity index (χ0) is 59.9. The third-order valence-electron chi connectivity index (χ3n) is 17.9. The van der Waals surface area contributed by atoms with E-state index in [9.17, 15) is 45.3 Å². The monoisotopic (exact) mass is 1150 g/mol. The first-order chi connectivity index (χ1) is 38.4. The molecule has 7 N–H and O–H groups in total. The van der Waals surface area contributed by atoms with Crippen LogP contribution in [0.3, 0.4) is 0 Å². The summed E-state index contributed by atoms with van der Waals surface area (Å²) in [5, 5.41) is 78.0. The van der Waals surface area contributed by atoms with Gasteiger partial charge in [-0.1, -0.05) is 104 Å². The van der Waals surface area contributed by atoms with E-state index in [0.717, 1.165) is 17.6 Å². The summed E-state index contributed by atoms with van der Waals surface area (Å²) in [4.78, 5) is 27.9. The molecule has 5 aliphatic rings. The average Bonchev–Trinajstić information content (AvgIpc) is 3.44. The molecule has 0 aromatic rings. The van der Waals surface area contributed by atoms with E-state index in [2.05, 4.69) is 0 Å². The lowest BCUT2D eigenvalue weighted by molar-refractivity contribution is -0.337. The van der Waals surface area contributed by atoms with Crippen LogP contribution >= 0.6 is 0 Å². The van der Waals surface area contributed by atoms with Gasteiger partial charge in [0.25, 0.3) is 0 Å². The van der Waals surface area contributed by atoms with E-state index in [1.54, 1.807) is 32.9 Å². The molecule has 24 unspecified atom stereocenters. The van der Waals surface area contributed by atoms with E-state index in [0.29, 0.717) is 32.1 Å². The molecule has 0 bridgehead atoms. The Morgan fingerprint density at radius 3 is 1.41 bits per heavy atom. The highest BCUT2D eigenvalue weighted by atomic mass is 16.7. The number of aliphatic hydroxyl groups is 7. The van der Waals surface area contributed by atoms with Gasteiger partial charge in [0.05, 0.1) is 61.0 Å². The number of hydrogen-bond acceptors (Lipinski definition) is 18. The highest BCUT2D eigenvalue weighted by molar-refractivity contribution is 5.83. The fourth-order valence-corrected chi connectivity index (χ4v) is 12.6. The number of allylic oxidation sites excluding steroid dienone is 8. The topological polar surface area (TPSA) is 259 Å². The Balaban J connectivity index is 1.38. The molecule has 24 atom stereocenters. The predicted octanol–water partition coefficient (Wildman–Crippen LogP) is 7.73. The minimum Gasteiger partial charge on any atom is -0.458 e. The van der Waals surface area contributed by atoms with Gasteiger partial charge in [0.1, 0.15) is 24.4 Å². The molecule has 81 heavy (non-hydrogen) atoms. The lowest BCUT2D eigenvalue weighted by atomic mass is 9.80. The molecule has 18 nitrogen and oxygen atoms in total. The first kappa shape index (κ1) is 68.6. The molecule has 18 heteroatoms. The summed E-state index contributed by atoms with van der Waals surface area (Å²) in [5.74, 6) is -6.63. The molecule has 0 amide bonds. The van der Waals surface area contributed by atoms with Crippen LogP contribution in [0.4, 0.5) is 0 Å². The Kier molecular flexibility index (Phi) is 26.9. The van der Waals surface area contributed by atoms with Crippen molar-refractivity contribution in [1.82, 2.24) is 0 Å². The number of aliphatic hydroxyl groups excluding tert-OH is 6. The number of methoxy groups -OCH3 is 1. The maximum absolute atomic E-state index is 14.0. The minimum atomic E-state index is -1.83. The van der Waals surface area contributed by atoms with E-state index in [4.69, 9.17) is 42.6 Å². The maximum Gasteiger partial charge on any atom is 0.331 e. The van der Waals surface area contributed by atoms with Gasteiger partial charge in [0, 0.05) is 93.3 Å². The van der Waals surface area contributed by atoms with E-state index in [1.807, 2.05) is 98.8 Å². The van der Waals surface area contributed by atoms with E-state index in [-0.39, 0.29) is 62.4 Å². The standard InChI is InChI=1S/C63H102O18/c1-14-42-22-20-24-44(16-3)60(36(7)50(66)32-62(72)34-52(46(18-5)38(9)80-62)76-56-30-48(64)58(70)40(11)74-56)78-54(68)28-26-43(15-2)23-21-25-45(17-4)61(79-55(69)29-27-42)37(8)51(67)33-63(73-13)35-53(47(19-6)39(10)81-63)77-57-31-49(65)59(71)41(12)75-57/h20-29,36-41,44-53,56-61,64-67,70-72H,14-19,30-35H2,1-13H3. The van der Waals surface area contributed by atoms with Gasteiger partial charge in [0.2, 0.25) is 0 Å². The van der Waals surface area contributed by atoms with Crippen LogP contribution in [0.1, 0.15) is 160 Å². The van der Waals surface area contributed by atoms with Crippen molar-refractivity contribution in [3.8, 4) is 0 Å². The number of cyclic esters (lactones) is 2. The molecule has 0 aromatic carbocycles.